The van der Waals surface area contributed by atoms with Crippen molar-refractivity contribution in [2.24, 2.45) is 0 Å². The first-order valence-corrected chi connectivity index (χ1v) is 19.3. The molecule has 0 atom stereocenters. The second kappa shape index (κ2) is 14.0. The Bertz CT molecular complexity index is 3250. The Morgan fingerprint density at radius 1 is 0.397 bits per heavy atom. The van der Waals surface area contributed by atoms with E-state index in [0.29, 0.717) is 5.89 Å². The zero-order valence-electron chi connectivity index (χ0n) is 31.2. The van der Waals surface area contributed by atoms with Crippen molar-refractivity contribution in [3.63, 3.8) is 0 Å². The lowest BCUT2D eigenvalue weighted by Gasteiger charge is -2.26. The first-order valence-electron chi connectivity index (χ1n) is 19.3. The van der Waals surface area contributed by atoms with Gasteiger partial charge in [0.25, 0.3) is 0 Å². The molecule has 58 heavy (non-hydrogen) atoms. The summed E-state index contributed by atoms with van der Waals surface area (Å²) >= 11 is 0. The molecule has 11 aromatic rings. The number of fused-ring (bicyclic) bond motifs is 4. The van der Waals surface area contributed by atoms with Crippen LogP contribution < -0.4 is 4.90 Å². The summed E-state index contributed by atoms with van der Waals surface area (Å²) in [6.07, 6.45) is 3.78. The minimum Gasteiger partial charge on any atom is -0.436 e. The summed E-state index contributed by atoms with van der Waals surface area (Å²) in [6.45, 7) is 0. The lowest BCUT2D eigenvalue weighted by atomic mass is 10.00. The number of hydrogen-bond acceptors (Lipinski definition) is 6. The fourth-order valence-corrected chi connectivity index (χ4v) is 7.79. The van der Waals surface area contributed by atoms with Gasteiger partial charge in [-0.15, -0.1) is 0 Å². The molecule has 0 aliphatic heterocycles. The molecule has 6 nitrogen and oxygen atoms in total. The Morgan fingerprint density at radius 2 is 1.07 bits per heavy atom. The number of anilines is 3. The van der Waals surface area contributed by atoms with Crippen LogP contribution in [0.15, 0.2) is 205 Å². The van der Waals surface area contributed by atoms with Gasteiger partial charge in [0.15, 0.2) is 5.58 Å². The summed E-state index contributed by atoms with van der Waals surface area (Å²) in [5.41, 5.74) is 13.3. The van der Waals surface area contributed by atoms with E-state index in [1.807, 2.05) is 60.9 Å². The van der Waals surface area contributed by atoms with E-state index in [4.69, 9.17) is 24.4 Å². The van der Waals surface area contributed by atoms with Crippen molar-refractivity contribution < 1.29 is 4.42 Å². The SMILES string of the molecule is c1ccc(-c2nc(-c3ccc(N(c4ccc(-c5nc6ccccc6o5)cc4)c4cnc5cc(-c6ccc7ccccc7c6)ccc5c4)cc3)cc3cccnc23)cc1. The zero-order chi connectivity index (χ0) is 38.4. The van der Waals surface area contributed by atoms with Crippen molar-refractivity contribution in [2.75, 3.05) is 4.90 Å². The Labute approximate surface area is 334 Å². The molecule has 0 bridgehead atoms. The third-order valence-electron chi connectivity index (χ3n) is 10.7. The van der Waals surface area contributed by atoms with Crippen LogP contribution in [0.1, 0.15) is 0 Å². The third-order valence-corrected chi connectivity index (χ3v) is 10.7. The van der Waals surface area contributed by atoms with Gasteiger partial charge in [0.05, 0.1) is 34.3 Å². The van der Waals surface area contributed by atoms with E-state index in [2.05, 4.69) is 144 Å². The third kappa shape index (κ3) is 6.10. The van der Waals surface area contributed by atoms with Crippen LogP contribution >= 0.6 is 0 Å². The van der Waals surface area contributed by atoms with Crippen molar-refractivity contribution in [1.82, 2.24) is 19.9 Å². The molecule has 4 heterocycles. The first-order chi connectivity index (χ1) is 28.7. The molecule has 0 spiro atoms. The Kier molecular flexibility index (Phi) is 8.04. The molecule has 0 fully saturated rings. The van der Waals surface area contributed by atoms with Gasteiger partial charge in [-0.1, -0.05) is 109 Å². The zero-order valence-corrected chi connectivity index (χ0v) is 31.2. The molecule has 0 N–H and O–H groups in total. The lowest BCUT2D eigenvalue weighted by molar-refractivity contribution is 0.620. The maximum atomic E-state index is 6.11. The van der Waals surface area contributed by atoms with Crippen LogP contribution in [-0.4, -0.2) is 19.9 Å². The molecular weight excluding hydrogens is 711 g/mol. The second-order valence-electron chi connectivity index (χ2n) is 14.4. The van der Waals surface area contributed by atoms with Gasteiger partial charge in [0.1, 0.15) is 5.52 Å². The highest BCUT2D eigenvalue weighted by Crippen LogP contribution is 2.39. The van der Waals surface area contributed by atoms with Crippen molar-refractivity contribution in [3.05, 3.63) is 200 Å². The molecular formula is C52H33N5O. The molecule has 272 valence electrons. The minimum atomic E-state index is 0.589. The summed E-state index contributed by atoms with van der Waals surface area (Å²) in [5.74, 6) is 0.589. The quantitative estimate of drug-likeness (QED) is 0.162. The van der Waals surface area contributed by atoms with Crippen molar-refractivity contribution >= 4 is 60.7 Å². The van der Waals surface area contributed by atoms with Crippen molar-refractivity contribution in [3.8, 4) is 45.1 Å². The lowest BCUT2D eigenvalue weighted by Crippen LogP contribution is -2.10. The average Bonchev–Trinajstić information content (AvgIpc) is 3.74. The van der Waals surface area contributed by atoms with Crippen LogP contribution in [0.4, 0.5) is 17.1 Å². The van der Waals surface area contributed by atoms with Crippen LogP contribution in [-0.2, 0) is 0 Å². The summed E-state index contributed by atoms with van der Waals surface area (Å²) in [6, 6.07) is 65.0. The summed E-state index contributed by atoms with van der Waals surface area (Å²) in [4.78, 5) is 21.9. The average molecular weight is 744 g/mol. The van der Waals surface area contributed by atoms with Crippen LogP contribution in [0.3, 0.4) is 0 Å². The number of aromatic nitrogens is 4. The van der Waals surface area contributed by atoms with E-state index in [-0.39, 0.29) is 0 Å². The number of benzene rings is 7. The predicted octanol–water partition coefficient (Wildman–Crippen LogP) is 13.6. The van der Waals surface area contributed by atoms with Crippen LogP contribution in [0.2, 0.25) is 0 Å². The predicted molar refractivity (Wildman–Crippen MR) is 236 cm³/mol. The minimum absolute atomic E-state index is 0.589. The molecule has 0 radical (unpaired) electrons. The van der Waals surface area contributed by atoms with E-state index < -0.39 is 0 Å². The highest BCUT2D eigenvalue weighted by atomic mass is 16.3. The van der Waals surface area contributed by atoms with Gasteiger partial charge >= 0.3 is 0 Å². The van der Waals surface area contributed by atoms with Crippen LogP contribution in [0.5, 0.6) is 0 Å². The Balaban J connectivity index is 0.988. The number of hydrogen-bond donors (Lipinski definition) is 0. The van der Waals surface area contributed by atoms with E-state index in [9.17, 15) is 0 Å². The number of pyridine rings is 3. The van der Waals surface area contributed by atoms with E-state index in [1.54, 1.807) is 0 Å². The van der Waals surface area contributed by atoms with Gasteiger partial charge in [0, 0.05) is 45.0 Å². The molecule has 0 saturated carbocycles. The van der Waals surface area contributed by atoms with E-state index >= 15 is 0 Å². The highest BCUT2D eigenvalue weighted by molar-refractivity contribution is 5.95. The fraction of sp³-hybridized carbons (Fsp3) is 0. The van der Waals surface area contributed by atoms with E-state index in [1.165, 1.54) is 16.3 Å². The highest BCUT2D eigenvalue weighted by Gasteiger charge is 2.17. The molecule has 0 aliphatic rings. The topological polar surface area (TPSA) is 67.9 Å². The number of oxazole rings is 1. The maximum Gasteiger partial charge on any atom is 0.227 e. The van der Waals surface area contributed by atoms with Gasteiger partial charge in [-0.2, -0.15) is 0 Å². The smallest absolute Gasteiger partial charge is 0.227 e. The Hall–Kier alpha value is -7.96. The molecule has 0 saturated heterocycles. The standard InChI is InChI=1S/C52H33N5O/c1-2-10-36(11-3-1)51-50-42(13-8-28-53-50)32-48(55-51)35-20-24-43(25-21-35)57(44-26-22-37(23-27-44)52-56-46-14-6-7-15-49(46)58-52)45-30-41-19-18-40(31-47(41)54-33-45)39-17-16-34-9-4-5-12-38(34)29-39/h1-33H. The summed E-state index contributed by atoms with van der Waals surface area (Å²) in [7, 11) is 0. The van der Waals surface area contributed by atoms with Gasteiger partial charge in [-0.25, -0.2) is 9.97 Å². The molecule has 0 unspecified atom stereocenters. The number of rotatable bonds is 7. The molecule has 6 heteroatoms. The van der Waals surface area contributed by atoms with Gasteiger partial charge < -0.3 is 9.32 Å². The first kappa shape index (κ1) is 33.4. The Morgan fingerprint density at radius 3 is 1.88 bits per heavy atom. The monoisotopic (exact) mass is 743 g/mol. The van der Waals surface area contributed by atoms with Gasteiger partial charge in [-0.05, 0) is 101 Å². The van der Waals surface area contributed by atoms with Crippen LogP contribution in [0.25, 0.3) is 88.8 Å². The molecule has 7 aromatic carbocycles. The summed E-state index contributed by atoms with van der Waals surface area (Å²) in [5, 5.41) is 4.54. The van der Waals surface area contributed by atoms with Crippen LogP contribution in [0, 0.1) is 0 Å². The molecule has 4 aromatic heterocycles. The van der Waals surface area contributed by atoms with Gasteiger partial charge in [0.2, 0.25) is 5.89 Å². The summed E-state index contributed by atoms with van der Waals surface area (Å²) < 4.78 is 6.11. The normalized spacial score (nSPS) is 11.4. The molecule has 0 aliphatic carbocycles. The maximum absolute atomic E-state index is 6.11. The number of nitrogens with zero attached hydrogens (tertiary/aromatic N) is 5. The molecule has 11 rings (SSSR count). The van der Waals surface area contributed by atoms with E-state index in [0.717, 1.165) is 83.6 Å². The van der Waals surface area contributed by atoms with Crippen molar-refractivity contribution in [2.45, 2.75) is 0 Å². The van der Waals surface area contributed by atoms with Crippen molar-refractivity contribution in [1.29, 1.82) is 0 Å². The number of para-hydroxylation sites is 2. The largest absolute Gasteiger partial charge is 0.436 e. The molecule has 0 amide bonds. The van der Waals surface area contributed by atoms with Gasteiger partial charge in [-0.3, -0.25) is 9.97 Å². The second-order valence-corrected chi connectivity index (χ2v) is 14.4. The fourth-order valence-electron chi connectivity index (χ4n) is 7.79.